The molecule has 5 nitrogen and oxygen atoms in total. The number of benzene rings is 3. The van der Waals surface area contributed by atoms with Crippen molar-refractivity contribution in [2.24, 2.45) is 11.8 Å². The van der Waals surface area contributed by atoms with Crippen molar-refractivity contribution in [3.05, 3.63) is 101 Å². The second-order valence-corrected chi connectivity index (χ2v) is 9.53. The predicted octanol–water partition coefficient (Wildman–Crippen LogP) is 4.48. The first-order valence-electron chi connectivity index (χ1n) is 10.1. The predicted molar refractivity (Wildman–Crippen MR) is 119 cm³/mol. The van der Waals surface area contributed by atoms with E-state index in [4.69, 9.17) is 23.2 Å². The van der Waals surface area contributed by atoms with Gasteiger partial charge in [-0.1, -0.05) is 54.6 Å². The molecule has 3 aromatic rings. The van der Waals surface area contributed by atoms with Crippen LogP contribution in [0.3, 0.4) is 0 Å². The number of anilines is 1. The quantitative estimate of drug-likeness (QED) is 0.448. The molecule has 7 rings (SSSR count). The maximum absolute atomic E-state index is 13.8. The smallest absolute Gasteiger partial charge is 0.335 e. The van der Waals surface area contributed by atoms with Gasteiger partial charge in [-0.2, -0.15) is 0 Å². The molecule has 2 unspecified atom stereocenters. The fourth-order valence-corrected chi connectivity index (χ4v) is 6.80. The average Bonchev–Trinajstić information content (AvgIpc) is 3.08. The van der Waals surface area contributed by atoms with Crippen LogP contribution < -0.4 is 4.90 Å². The van der Waals surface area contributed by atoms with Gasteiger partial charge in [-0.3, -0.25) is 9.59 Å². The molecule has 1 N–H and O–H groups in total. The number of nitrogens with zero attached hydrogens (tertiary/aromatic N) is 1. The molecule has 7 heteroatoms. The van der Waals surface area contributed by atoms with Crippen molar-refractivity contribution in [3.8, 4) is 0 Å². The average molecular weight is 464 g/mol. The molecule has 3 aliphatic carbocycles. The van der Waals surface area contributed by atoms with Gasteiger partial charge in [0.25, 0.3) is 0 Å². The van der Waals surface area contributed by atoms with E-state index in [1.165, 1.54) is 18.2 Å². The van der Waals surface area contributed by atoms with Crippen LogP contribution in [0.25, 0.3) is 0 Å². The van der Waals surface area contributed by atoms with Crippen molar-refractivity contribution in [3.63, 3.8) is 0 Å². The summed E-state index contributed by atoms with van der Waals surface area (Å²) in [5.74, 6) is -3.95. The number of imide groups is 1. The summed E-state index contributed by atoms with van der Waals surface area (Å²) in [6.07, 6.45) is 0. The number of alkyl halides is 2. The summed E-state index contributed by atoms with van der Waals surface area (Å²) < 4.78 is 0. The molecule has 0 radical (unpaired) electrons. The van der Waals surface area contributed by atoms with E-state index in [9.17, 15) is 19.5 Å². The van der Waals surface area contributed by atoms with Crippen molar-refractivity contribution in [2.45, 2.75) is 9.75 Å². The summed E-state index contributed by atoms with van der Waals surface area (Å²) >= 11 is 14.7. The summed E-state index contributed by atoms with van der Waals surface area (Å²) in [6, 6.07) is 20.6. The number of amides is 2. The van der Waals surface area contributed by atoms with Crippen molar-refractivity contribution < 1.29 is 19.5 Å². The number of carbonyl (C=O) groups is 3. The van der Waals surface area contributed by atoms with Crippen LogP contribution in [0, 0.1) is 11.8 Å². The number of carboxylic acids is 1. The zero-order chi connectivity index (χ0) is 22.4. The molecule has 1 heterocycles. The molecule has 4 aliphatic rings. The van der Waals surface area contributed by atoms with Gasteiger partial charge in [0.1, 0.15) is 9.75 Å². The molecule has 0 spiro atoms. The molecule has 1 fully saturated rings. The van der Waals surface area contributed by atoms with Gasteiger partial charge in [-0.25, -0.2) is 9.69 Å². The number of aromatic carboxylic acids is 1. The maximum atomic E-state index is 13.8. The summed E-state index contributed by atoms with van der Waals surface area (Å²) in [7, 11) is 0. The van der Waals surface area contributed by atoms with Gasteiger partial charge < -0.3 is 5.11 Å². The standard InChI is InChI=1S/C25H15Cl2NO4/c26-24-15-8-1-2-9-16(15)25(27,18-11-4-3-10-17(18)24)20-19(24)21(29)28(22(20)30)14-7-5-6-13(12-14)23(31)32/h1-12,19-20H,(H,31,32). The van der Waals surface area contributed by atoms with E-state index in [0.717, 1.165) is 27.2 Å². The molecule has 158 valence electrons. The number of hydrogen-bond acceptors (Lipinski definition) is 3. The molecule has 2 amide bonds. The van der Waals surface area contributed by atoms with Gasteiger partial charge in [0.05, 0.1) is 23.1 Å². The van der Waals surface area contributed by atoms with Crippen molar-refractivity contribution in [2.75, 3.05) is 4.90 Å². The van der Waals surface area contributed by atoms with E-state index in [1.807, 2.05) is 48.5 Å². The Kier molecular flexibility index (Phi) is 3.79. The van der Waals surface area contributed by atoms with Crippen LogP contribution in [0.5, 0.6) is 0 Å². The van der Waals surface area contributed by atoms with Crippen LogP contribution in [-0.4, -0.2) is 22.9 Å². The van der Waals surface area contributed by atoms with E-state index < -0.39 is 39.4 Å². The van der Waals surface area contributed by atoms with Crippen LogP contribution in [0.1, 0.15) is 32.6 Å². The van der Waals surface area contributed by atoms with Gasteiger partial charge in [-0.05, 0) is 40.5 Å². The fourth-order valence-electron chi connectivity index (χ4n) is 5.70. The highest BCUT2D eigenvalue weighted by Gasteiger charge is 2.73. The van der Waals surface area contributed by atoms with Crippen LogP contribution in [0.15, 0.2) is 72.8 Å². The van der Waals surface area contributed by atoms with Crippen LogP contribution in [0.2, 0.25) is 0 Å². The summed E-state index contributed by atoms with van der Waals surface area (Å²) in [6.45, 7) is 0. The molecular formula is C25H15Cl2NO4. The molecule has 1 saturated heterocycles. The second-order valence-electron chi connectivity index (χ2n) is 8.34. The Labute approximate surface area is 193 Å². The van der Waals surface area contributed by atoms with Crippen molar-refractivity contribution >= 4 is 46.7 Å². The van der Waals surface area contributed by atoms with Crippen LogP contribution >= 0.6 is 23.2 Å². The maximum Gasteiger partial charge on any atom is 0.335 e. The molecule has 3 aromatic carbocycles. The SMILES string of the molecule is O=C(O)c1cccc(N2C(=O)C3C(C2=O)C2(Cl)c4ccccc4C3(Cl)c3ccccc32)c1. The van der Waals surface area contributed by atoms with Crippen LogP contribution in [0.4, 0.5) is 5.69 Å². The van der Waals surface area contributed by atoms with Crippen molar-refractivity contribution in [1.82, 2.24) is 0 Å². The molecule has 32 heavy (non-hydrogen) atoms. The third-order valence-electron chi connectivity index (χ3n) is 6.94. The molecular weight excluding hydrogens is 449 g/mol. The number of halogens is 2. The number of hydrogen-bond donors (Lipinski definition) is 1. The first-order chi connectivity index (χ1) is 15.3. The van der Waals surface area contributed by atoms with Gasteiger partial charge in [0, 0.05) is 0 Å². The normalized spacial score (nSPS) is 29.5. The van der Waals surface area contributed by atoms with Gasteiger partial charge in [0.2, 0.25) is 11.8 Å². The summed E-state index contributed by atoms with van der Waals surface area (Å²) in [5, 5.41) is 9.37. The minimum absolute atomic E-state index is 0.0197. The molecule has 0 aromatic heterocycles. The van der Waals surface area contributed by atoms with Gasteiger partial charge >= 0.3 is 5.97 Å². The zero-order valence-corrected chi connectivity index (χ0v) is 18.0. The Morgan fingerprint density at radius 3 is 1.59 bits per heavy atom. The monoisotopic (exact) mass is 463 g/mol. The Morgan fingerprint density at radius 2 is 1.19 bits per heavy atom. The highest BCUT2D eigenvalue weighted by molar-refractivity contribution is 6.38. The first kappa shape index (κ1) is 19.5. The highest BCUT2D eigenvalue weighted by Crippen LogP contribution is 2.69. The lowest BCUT2D eigenvalue weighted by atomic mass is 9.54. The van der Waals surface area contributed by atoms with Crippen molar-refractivity contribution in [1.29, 1.82) is 0 Å². The lowest BCUT2D eigenvalue weighted by molar-refractivity contribution is -0.122. The molecule has 1 aliphatic heterocycles. The first-order valence-corrected chi connectivity index (χ1v) is 10.9. The van der Waals surface area contributed by atoms with Gasteiger partial charge in [-0.15, -0.1) is 23.2 Å². The number of carbonyl (C=O) groups excluding carboxylic acids is 2. The molecule has 2 bridgehead atoms. The lowest BCUT2D eigenvalue weighted by Gasteiger charge is -2.54. The lowest BCUT2D eigenvalue weighted by Crippen LogP contribution is -2.57. The zero-order valence-electron chi connectivity index (χ0n) is 16.5. The van der Waals surface area contributed by atoms with E-state index >= 15 is 0 Å². The highest BCUT2D eigenvalue weighted by atomic mass is 35.5. The van der Waals surface area contributed by atoms with E-state index in [-0.39, 0.29) is 11.3 Å². The van der Waals surface area contributed by atoms with Crippen LogP contribution in [-0.2, 0) is 19.3 Å². The largest absolute Gasteiger partial charge is 0.478 e. The van der Waals surface area contributed by atoms with E-state index in [0.29, 0.717) is 0 Å². The molecule has 0 saturated carbocycles. The van der Waals surface area contributed by atoms with Gasteiger partial charge in [0.15, 0.2) is 0 Å². The topological polar surface area (TPSA) is 74.7 Å². The Morgan fingerprint density at radius 1 is 0.750 bits per heavy atom. The summed E-state index contributed by atoms with van der Waals surface area (Å²) in [5.41, 5.74) is 3.06. The Balaban J connectivity index is 1.63. The second kappa shape index (κ2) is 6.21. The Hall–Kier alpha value is -3.15. The summed E-state index contributed by atoms with van der Waals surface area (Å²) in [4.78, 5) is 37.6. The third-order valence-corrected chi connectivity index (χ3v) is 8.22. The minimum atomic E-state index is -1.26. The Bertz CT molecular complexity index is 1250. The van der Waals surface area contributed by atoms with E-state index in [2.05, 4.69) is 0 Å². The fraction of sp³-hybridized carbons (Fsp3) is 0.160. The third kappa shape index (κ3) is 2.08. The molecule has 2 atom stereocenters. The minimum Gasteiger partial charge on any atom is -0.478 e. The van der Waals surface area contributed by atoms with E-state index in [1.54, 1.807) is 6.07 Å². The number of rotatable bonds is 2. The number of carboxylic acid groups (broad SMARTS) is 1.